The number of carbonyl (C=O) groups excluding carboxylic acids is 1. The number of carbonyl (C=O) groups is 1. The highest BCUT2D eigenvalue weighted by molar-refractivity contribution is 5.93. The van der Waals surface area contributed by atoms with E-state index in [0.29, 0.717) is 37.6 Å². The number of hydrogen-bond donors (Lipinski definition) is 1. The third kappa shape index (κ3) is 3.79. The van der Waals surface area contributed by atoms with E-state index in [1.54, 1.807) is 18.3 Å². The molecule has 0 atom stereocenters. The van der Waals surface area contributed by atoms with Gasteiger partial charge in [0.2, 0.25) is 5.88 Å². The fraction of sp³-hybridized carbons (Fsp3) is 0.312. The van der Waals surface area contributed by atoms with Gasteiger partial charge in [-0.3, -0.25) is 9.78 Å². The highest BCUT2D eigenvalue weighted by Gasteiger charge is 2.20. The lowest BCUT2D eigenvalue weighted by atomic mass is 10.2. The van der Waals surface area contributed by atoms with Crippen LogP contribution in [0.5, 0.6) is 5.88 Å². The van der Waals surface area contributed by atoms with Crippen molar-refractivity contribution in [1.29, 1.82) is 0 Å². The molecule has 0 saturated carbocycles. The topological polar surface area (TPSA) is 73.3 Å². The zero-order valence-corrected chi connectivity index (χ0v) is 12.1. The zero-order chi connectivity index (χ0) is 15.2. The molecule has 2 aromatic rings. The van der Waals surface area contributed by atoms with Crippen molar-refractivity contribution in [3.05, 3.63) is 54.0 Å². The van der Waals surface area contributed by atoms with E-state index in [1.165, 1.54) is 6.20 Å². The van der Waals surface area contributed by atoms with Gasteiger partial charge in [-0.05, 0) is 18.2 Å². The Labute approximate surface area is 128 Å². The van der Waals surface area contributed by atoms with Gasteiger partial charge in [0.1, 0.15) is 6.10 Å². The summed E-state index contributed by atoms with van der Waals surface area (Å²) in [6, 6.07) is 9.14. The summed E-state index contributed by atoms with van der Waals surface area (Å²) >= 11 is 0. The molecule has 0 aliphatic carbocycles. The van der Waals surface area contributed by atoms with E-state index >= 15 is 0 Å². The first kappa shape index (κ1) is 14.5. The molecule has 1 aliphatic heterocycles. The first-order chi connectivity index (χ1) is 10.8. The van der Waals surface area contributed by atoms with Crippen LogP contribution in [-0.4, -0.2) is 41.7 Å². The number of hydrogen-bond acceptors (Lipinski definition) is 5. The standard InChI is InChI=1S/C16H17N3O3/c20-16(18-8-6-13-3-1-2-7-17-13)12-4-5-15(19-9-12)22-14-10-21-11-14/h1-5,7,9,14H,6,8,10-11H2,(H,18,20). The quantitative estimate of drug-likeness (QED) is 0.868. The number of aromatic nitrogens is 2. The molecule has 0 aromatic carbocycles. The minimum absolute atomic E-state index is 0.0746. The van der Waals surface area contributed by atoms with Gasteiger partial charge in [0.05, 0.1) is 18.8 Å². The number of ether oxygens (including phenoxy) is 2. The third-order valence-electron chi connectivity index (χ3n) is 3.29. The molecule has 1 saturated heterocycles. The van der Waals surface area contributed by atoms with Gasteiger partial charge < -0.3 is 14.8 Å². The summed E-state index contributed by atoms with van der Waals surface area (Å²) in [7, 11) is 0. The van der Waals surface area contributed by atoms with Crippen LogP contribution in [0.25, 0.3) is 0 Å². The fourth-order valence-corrected chi connectivity index (χ4v) is 1.99. The summed E-state index contributed by atoms with van der Waals surface area (Å²) in [6.07, 6.45) is 4.03. The van der Waals surface area contributed by atoms with E-state index in [-0.39, 0.29) is 12.0 Å². The molecule has 0 spiro atoms. The molecule has 1 aliphatic rings. The Bertz CT molecular complexity index is 612. The predicted molar refractivity (Wildman–Crippen MR) is 79.7 cm³/mol. The molecule has 3 rings (SSSR count). The molecule has 0 unspecified atom stereocenters. The maximum atomic E-state index is 12.0. The lowest BCUT2D eigenvalue weighted by Gasteiger charge is -2.25. The van der Waals surface area contributed by atoms with Crippen molar-refractivity contribution < 1.29 is 14.3 Å². The molecule has 22 heavy (non-hydrogen) atoms. The number of amides is 1. The SMILES string of the molecule is O=C(NCCc1ccccn1)c1ccc(OC2COC2)nc1. The molecule has 1 fully saturated rings. The van der Waals surface area contributed by atoms with Gasteiger partial charge in [-0.25, -0.2) is 4.98 Å². The molecular weight excluding hydrogens is 282 g/mol. The second kappa shape index (κ2) is 7.00. The molecule has 2 aromatic heterocycles. The van der Waals surface area contributed by atoms with Crippen molar-refractivity contribution in [3.8, 4) is 5.88 Å². The van der Waals surface area contributed by atoms with Crippen molar-refractivity contribution in [2.45, 2.75) is 12.5 Å². The van der Waals surface area contributed by atoms with Crippen LogP contribution < -0.4 is 10.1 Å². The lowest BCUT2D eigenvalue weighted by Crippen LogP contribution is -2.38. The monoisotopic (exact) mass is 299 g/mol. The van der Waals surface area contributed by atoms with Crippen molar-refractivity contribution in [2.24, 2.45) is 0 Å². The molecule has 0 radical (unpaired) electrons. The van der Waals surface area contributed by atoms with Crippen LogP contribution >= 0.6 is 0 Å². The third-order valence-corrected chi connectivity index (χ3v) is 3.29. The van der Waals surface area contributed by atoms with Gasteiger partial charge in [0.25, 0.3) is 5.91 Å². The highest BCUT2D eigenvalue weighted by atomic mass is 16.6. The normalized spacial score (nSPS) is 14.2. The van der Waals surface area contributed by atoms with Crippen LogP contribution in [0.15, 0.2) is 42.7 Å². The Morgan fingerprint density at radius 1 is 1.27 bits per heavy atom. The van der Waals surface area contributed by atoms with E-state index in [9.17, 15) is 4.79 Å². The Morgan fingerprint density at radius 3 is 2.82 bits per heavy atom. The Hall–Kier alpha value is -2.47. The van der Waals surface area contributed by atoms with Crippen LogP contribution in [0.3, 0.4) is 0 Å². The molecule has 1 amide bonds. The summed E-state index contributed by atoms with van der Waals surface area (Å²) in [5, 5.41) is 2.85. The van der Waals surface area contributed by atoms with Gasteiger partial charge in [-0.2, -0.15) is 0 Å². The van der Waals surface area contributed by atoms with Gasteiger partial charge in [0.15, 0.2) is 0 Å². The first-order valence-electron chi connectivity index (χ1n) is 7.20. The summed E-state index contributed by atoms with van der Waals surface area (Å²) in [6.45, 7) is 1.72. The Kier molecular flexibility index (Phi) is 4.60. The van der Waals surface area contributed by atoms with Crippen LogP contribution in [0, 0.1) is 0 Å². The summed E-state index contributed by atoms with van der Waals surface area (Å²) in [4.78, 5) is 20.4. The Morgan fingerprint density at radius 2 is 2.18 bits per heavy atom. The van der Waals surface area contributed by atoms with Crippen molar-refractivity contribution in [1.82, 2.24) is 15.3 Å². The first-order valence-corrected chi connectivity index (χ1v) is 7.20. The summed E-state index contributed by atoms with van der Waals surface area (Å²) in [5.74, 6) is 0.361. The number of nitrogens with one attached hydrogen (secondary N) is 1. The Balaban J connectivity index is 1.47. The fourth-order valence-electron chi connectivity index (χ4n) is 1.99. The van der Waals surface area contributed by atoms with Gasteiger partial charge in [-0.1, -0.05) is 6.07 Å². The van der Waals surface area contributed by atoms with Crippen molar-refractivity contribution >= 4 is 5.91 Å². The van der Waals surface area contributed by atoms with E-state index in [4.69, 9.17) is 9.47 Å². The average molecular weight is 299 g/mol. The van der Waals surface area contributed by atoms with E-state index < -0.39 is 0 Å². The minimum Gasteiger partial charge on any atom is -0.469 e. The minimum atomic E-state index is -0.151. The number of rotatable bonds is 6. The van der Waals surface area contributed by atoms with Crippen LogP contribution in [0.1, 0.15) is 16.1 Å². The van der Waals surface area contributed by atoms with Crippen LogP contribution in [0.4, 0.5) is 0 Å². The summed E-state index contributed by atoms with van der Waals surface area (Å²) < 4.78 is 10.6. The van der Waals surface area contributed by atoms with E-state index in [1.807, 2.05) is 18.2 Å². The molecule has 0 bridgehead atoms. The van der Waals surface area contributed by atoms with Gasteiger partial charge >= 0.3 is 0 Å². The van der Waals surface area contributed by atoms with Gasteiger partial charge in [-0.15, -0.1) is 0 Å². The predicted octanol–water partition coefficient (Wildman–Crippen LogP) is 1.23. The average Bonchev–Trinajstić information content (AvgIpc) is 2.52. The van der Waals surface area contributed by atoms with E-state index in [2.05, 4.69) is 15.3 Å². The maximum Gasteiger partial charge on any atom is 0.252 e. The zero-order valence-electron chi connectivity index (χ0n) is 12.1. The molecule has 114 valence electrons. The second-order valence-corrected chi connectivity index (χ2v) is 4.99. The molecule has 1 N–H and O–H groups in total. The van der Waals surface area contributed by atoms with E-state index in [0.717, 1.165) is 5.69 Å². The van der Waals surface area contributed by atoms with Crippen LogP contribution in [-0.2, 0) is 11.2 Å². The summed E-state index contributed by atoms with van der Waals surface area (Å²) in [5.41, 5.74) is 1.46. The molecule has 6 nitrogen and oxygen atoms in total. The highest BCUT2D eigenvalue weighted by Crippen LogP contribution is 2.13. The van der Waals surface area contributed by atoms with Crippen LogP contribution in [0.2, 0.25) is 0 Å². The molecule has 6 heteroatoms. The largest absolute Gasteiger partial charge is 0.469 e. The van der Waals surface area contributed by atoms with Crippen molar-refractivity contribution in [3.63, 3.8) is 0 Å². The second-order valence-electron chi connectivity index (χ2n) is 4.99. The number of nitrogens with zero attached hydrogens (tertiary/aromatic N) is 2. The lowest BCUT2D eigenvalue weighted by molar-refractivity contribution is -0.0813. The van der Waals surface area contributed by atoms with Gasteiger partial charge in [0, 0.05) is 37.1 Å². The maximum absolute atomic E-state index is 12.0. The number of pyridine rings is 2. The molecular formula is C16H17N3O3. The molecule has 3 heterocycles. The smallest absolute Gasteiger partial charge is 0.252 e. The van der Waals surface area contributed by atoms with Crippen molar-refractivity contribution in [2.75, 3.05) is 19.8 Å².